The number of carbonyl (C=O) groups is 1. The highest BCUT2D eigenvalue weighted by Gasteiger charge is 2.20. The number of likely N-dealkylation sites (tertiary alicyclic amines) is 1. The van der Waals surface area contributed by atoms with E-state index in [2.05, 4.69) is 11.9 Å². The molecule has 2 rings (SSSR count). The van der Waals surface area contributed by atoms with Gasteiger partial charge < -0.3 is 9.64 Å². The normalized spacial score (nSPS) is 21.0. The van der Waals surface area contributed by atoms with Crippen molar-refractivity contribution in [1.82, 2.24) is 4.90 Å². The maximum atomic E-state index is 10.9. The van der Waals surface area contributed by atoms with Gasteiger partial charge in [-0.1, -0.05) is 0 Å². The van der Waals surface area contributed by atoms with Crippen LogP contribution in [-0.2, 0) is 0 Å². The van der Waals surface area contributed by atoms with Crippen molar-refractivity contribution in [2.24, 2.45) is 0 Å². The minimum absolute atomic E-state index is 0.252. The summed E-state index contributed by atoms with van der Waals surface area (Å²) in [6.07, 6.45) is 1.30. The van der Waals surface area contributed by atoms with Crippen LogP contribution in [0.25, 0.3) is 0 Å². The predicted octanol–water partition coefficient (Wildman–Crippen LogP) is 2.15. The molecule has 1 saturated heterocycles. The Bertz CT molecular complexity index is 377. The summed E-state index contributed by atoms with van der Waals surface area (Å²) < 4.78 is 5.78. The van der Waals surface area contributed by atoms with Gasteiger partial charge in [-0.3, -0.25) is 4.79 Å². The average Bonchev–Trinajstić information content (AvgIpc) is 2.65. The van der Waals surface area contributed by atoms with Gasteiger partial charge in [0.25, 0.3) is 5.24 Å². The van der Waals surface area contributed by atoms with Gasteiger partial charge in [-0.25, -0.2) is 0 Å². The first-order valence-electron chi connectivity index (χ1n) is 5.30. The van der Waals surface area contributed by atoms with Crippen molar-refractivity contribution in [2.45, 2.75) is 12.5 Å². The molecular formula is C12H14ClNO2. The number of nitrogens with zero attached hydrogens (tertiary/aromatic N) is 1. The maximum absolute atomic E-state index is 10.9. The molecule has 0 unspecified atom stereocenters. The third-order valence-corrected chi connectivity index (χ3v) is 2.95. The molecule has 0 saturated carbocycles. The maximum Gasteiger partial charge on any atom is 0.252 e. The Labute approximate surface area is 100.0 Å². The molecule has 1 aromatic carbocycles. The summed E-state index contributed by atoms with van der Waals surface area (Å²) in [5.41, 5.74) is 0.498. The molecule has 0 spiro atoms. The number of hydrogen-bond acceptors (Lipinski definition) is 3. The lowest BCUT2D eigenvalue weighted by Crippen LogP contribution is -2.21. The zero-order valence-corrected chi connectivity index (χ0v) is 9.91. The lowest BCUT2D eigenvalue weighted by atomic mass is 10.2. The quantitative estimate of drug-likeness (QED) is 0.757. The van der Waals surface area contributed by atoms with E-state index in [1.807, 2.05) is 0 Å². The van der Waals surface area contributed by atoms with Crippen LogP contribution >= 0.6 is 11.6 Å². The van der Waals surface area contributed by atoms with Gasteiger partial charge in [0.2, 0.25) is 0 Å². The third kappa shape index (κ3) is 2.74. The molecule has 0 bridgehead atoms. The van der Waals surface area contributed by atoms with Gasteiger partial charge in [-0.2, -0.15) is 0 Å². The van der Waals surface area contributed by atoms with Crippen molar-refractivity contribution in [1.29, 1.82) is 0 Å². The first-order valence-corrected chi connectivity index (χ1v) is 5.68. The van der Waals surface area contributed by atoms with E-state index in [0.29, 0.717) is 5.56 Å². The van der Waals surface area contributed by atoms with Crippen LogP contribution in [0.3, 0.4) is 0 Å². The molecule has 0 aromatic heterocycles. The van der Waals surface area contributed by atoms with Crippen molar-refractivity contribution in [2.75, 3.05) is 20.1 Å². The molecule has 4 heteroatoms. The van der Waals surface area contributed by atoms with E-state index >= 15 is 0 Å². The van der Waals surface area contributed by atoms with Crippen molar-refractivity contribution >= 4 is 16.8 Å². The second kappa shape index (κ2) is 4.85. The van der Waals surface area contributed by atoms with Gasteiger partial charge in [0.15, 0.2) is 0 Å². The second-order valence-electron chi connectivity index (χ2n) is 4.09. The third-order valence-electron chi connectivity index (χ3n) is 2.73. The van der Waals surface area contributed by atoms with Crippen LogP contribution in [0.4, 0.5) is 0 Å². The molecule has 0 aliphatic carbocycles. The molecule has 86 valence electrons. The number of hydrogen-bond donors (Lipinski definition) is 0. The molecule has 1 aliphatic rings. The lowest BCUT2D eigenvalue weighted by Gasteiger charge is -2.13. The fourth-order valence-electron chi connectivity index (χ4n) is 1.85. The monoisotopic (exact) mass is 239 g/mol. The van der Waals surface area contributed by atoms with Gasteiger partial charge in [0.05, 0.1) is 0 Å². The first kappa shape index (κ1) is 11.4. The minimum Gasteiger partial charge on any atom is -0.489 e. The van der Waals surface area contributed by atoms with Gasteiger partial charge in [-0.05, 0) is 49.3 Å². The summed E-state index contributed by atoms with van der Waals surface area (Å²) in [6.45, 7) is 2.03. The van der Waals surface area contributed by atoms with Crippen molar-refractivity contribution in [3.8, 4) is 5.75 Å². The van der Waals surface area contributed by atoms with Crippen LogP contribution in [0.1, 0.15) is 16.8 Å². The molecular weight excluding hydrogens is 226 g/mol. The Hall–Kier alpha value is -1.06. The van der Waals surface area contributed by atoms with Crippen molar-refractivity contribution in [3.63, 3.8) is 0 Å². The van der Waals surface area contributed by atoms with E-state index in [1.165, 1.54) is 0 Å². The Balaban J connectivity index is 1.97. The summed E-state index contributed by atoms with van der Waals surface area (Å²) in [5, 5.41) is -0.438. The largest absolute Gasteiger partial charge is 0.489 e. The summed E-state index contributed by atoms with van der Waals surface area (Å²) in [5.74, 6) is 0.793. The molecule has 3 nitrogen and oxygen atoms in total. The highest BCUT2D eigenvalue weighted by Crippen LogP contribution is 2.18. The van der Waals surface area contributed by atoms with E-state index in [1.54, 1.807) is 24.3 Å². The Morgan fingerprint density at radius 2 is 2.12 bits per heavy atom. The number of ether oxygens (including phenoxy) is 1. The molecule has 1 fully saturated rings. The van der Waals surface area contributed by atoms with Crippen molar-refractivity contribution < 1.29 is 9.53 Å². The van der Waals surface area contributed by atoms with E-state index in [9.17, 15) is 4.79 Å². The summed E-state index contributed by atoms with van der Waals surface area (Å²) in [7, 11) is 2.08. The highest BCUT2D eigenvalue weighted by atomic mass is 35.5. The van der Waals surface area contributed by atoms with Gasteiger partial charge in [0.1, 0.15) is 11.9 Å². The van der Waals surface area contributed by atoms with Crippen LogP contribution in [0, 0.1) is 0 Å². The topological polar surface area (TPSA) is 29.5 Å². The summed E-state index contributed by atoms with van der Waals surface area (Å²) >= 11 is 5.36. The van der Waals surface area contributed by atoms with Crippen LogP contribution in [0.5, 0.6) is 5.75 Å². The summed E-state index contributed by atoms with van der Waals surface area (Å²) in [4.78, 5) is 13.1. The van der Waals surface area contributed by atoms with Crippen LogP contribution in [0.15, 0.2) is 24.3 Å². The van der Waals surface area contributed by atoms with Gasteiger partial charge in [0, 0.05) is 18.7 Å². The van der Waals surface area contributed by atoms with Crippen LogP contribution in [-0.4, -0.2) is 36.4 Å². The van der Waals surface area contributed by atoms with E-state index in [-0.39, 0.29) is 6.10 Å². The lowest BCUT2D eigenvalue weighted by molar-refractivity contribution is 0.108. The van der Waals surface area contributed by atoms with E-state index in [0.717, 1.165) is 25.3 Å². The van der Waals surface area contributed by atoms with E-state index < -0.39 is 5.24 Å². The minimum atomic E-state index is -0.438. The van der Waals surface area contributed by atoms with Gasteiger partial charge >= 0.3 is 0 Å². The molecule has 1 atom stereocenters. The molecule has 1 aromatic rings. The molecule has 1 heterocycles. The van der Waals surface area contributed by atoms with E-state index in [4.69, 9.17) is 16.3 Å². The van der Waals surface area contributed by atoms with Crippen molar-refractivity contribution in [3.05, 3.63) is 29.8 Å². The smallest absolute Gasteiger partial charge is 0.252 e. The molecule has 0 amide bonds. The predicted molar refractivity (Wildman–Crippen MR) is 63.2 cm³/mol. The standard InChI is InChI=1S/C12H14ClNO2/c1-14-7-6-11(8-14)16-10-4-2-9(3-5-10)12(13)15/h2-5,11H,6-8H2,1H3/t11-/m0/s1. The molecule has 0 radical (unpaired) electrons. The van der Waals surface area contributed by atoms with Crippen LogP contribution in [0.2, 0.25) is 0 Å². The number of likely N-dealkylation sites (N-methyl/N-ethyl adjacent to an activating group) is 1. The highest BCUT2D eigenvalue weighted by molar-refractivity contribution is 6.67. The number of rotatable bonds is 3. The first-order chi connectivity index (χ1) is 7.65. The Morgan fingerprint density at radius 1 is 1.44 bits per heavy atom. The van der Waals surface area contributed by atoms with Gasteiger partial charge in [-0.15, -0.1) is 0 Å². The Morgan fingerprint density at radius 3 is 2.62 bits per heavy atom. The fraction of sp³-hybridized carbons (Fsp3) is 0.417. The van der Waals surface area contributed by atoms with Crippen LogP contribution < -0.4 is 4.74 Å². The molecule has 1 aliphatic heterocycles. The molecule has 0 N–H and O–H groups in total. The fourth-order valence-corrected chi connectivity index (χ4v) is 1.97. The molecule has 16 heavy (non-hydrogen) atoms. The Kier molecular flexibility index (Phi) is 3.46. The number of carbonyl (C=O) groups excluding carboxylic acids is 1. The number of benzene rings is 1. The zero-order valence-electron chi connectivity index (χ0n) is 9.15. The average molecular weight is 240 g/mol. The number of halogens is 1. The second-order valence-corrected chi connectivity index (χ2v) is 4.43. The summed E-state index contributed by atoms with van der Waals surface area (Å²) in [6, 6.07) is 6.94. The zero-order chi connectivity index (χ0) is 11.5. The SMILES string of the molecule is CN1CC[C@H](Oc2ccc(C(=O)Cl)cc2)C1.